The number of amides is 1. The predicted octanol–water partition coefficient (Wildman–Crippen LogP) is 6.11. The van der Waals surface area contributed by atoms with Crippen molar-refractivity contribution in [3.05, 3.63) is 0 Å². The van der Waals surface area contributed by atoms with Crippen molar-refractivity contribution in [2.75, 3.05) is 20.2 Å². The van der Waals surface area contributed by atoms with Crippen molar-refractivity contribution in [3.63, 3.8) is 0 Å². The molecule has 1 unspecified atom stereocenters. The van der Waals surface area contributed by atoms with Gasteiger partial charge in [0.1, 0.15) is 0 Å². The fourth-order valence-corrected chi connectivity index (χ4v) is 3.42. The lowest BCUT2D eigenvalue weighted by atomic mass is 10.0. The Morgan fingerprint density at radius 1 is 0.800 bits per heavy atom. The van der Waals surface area contributed by atoms with E-state index in [4.69, 9.17) is 4.74 Å². The van der Waals surface area contributed by atoms with E-state index in [1.54, 1.807) is 0 Å². The SMILES string of the molecule is CCCCCCCCCCCCCCCCCC(=O)N(C)CC1CO1. The number of hydrogen-bond donors (Lipinski definition) is 0. The van der Waals surface area contributed by atoms with Crippen LogP contribution in [0.3, 0.4) is 0 Å². The van der Waals surface area contributed by atoms with E-state index in [-0.39, 0.29) is 5.91 Å². The number of rotatable bonds is 18. The standard InChI is InChI=1S/C22H43NO2/c1-3-4-5-6-7-8-9-10-11-12-13-14-15-16-17-18-22(24)23(2)19-21-20-25-21/h21H,3-20H2,1-2H3. The maximum Gasteiger partial charge on any atom is 0.222 e. The summed E-state index contributed by atoms with van der Waals surface area (Å²) in [5.41, 5.74) is 0. The van der Waals surface area contributed by atoms with Crippen LogP contribution in [0, 0.1) is 0 Å². The Bertz CT molecular complexity index is 315. The summed E-state index contributed by atoms with van der Waals surface area (Å²) in [6.45, 7) is 3.89. The number of carbonyl (C=O) groups is 1. The van der Waals surface area contributed by atoms with Gasteiger partial charge in [-0.05, 0) is 6.42 Å². The van der Waals surface area contributed by atoms with Gasteiger partial charge in [0.05, 0.1) is 12.7 Å². The third kappa shape index (κ3) is 14.3. The van der Waals surface area contributed by atoms with Gasteiger partial charge in [0.15, 0.2) is 0 Å². The molecular formula is C22H43NO2. The number of likely N-dealkylation sites (N-methyl/N-ethyl adjacent to an activating group) is 1. The predicted molar refractivity (Wildman–Crippen MR) is 107 cm³/mol. The van der Waals surface area contributed by atoms with E-state index in [0.717, 1.165) is 19.6 Å². The van der Waals surface area contributed by atoms with Crippen LogP contribution in [0.1, 0.15) is 110 Å². The summed E-state index contributed by atoms with van der Waals surface area (Å²) in [5, 5.41) is 0. The molecule has 0 saturated carbocycles. The lowest BCUT2D eigenvalue weighted by Gasteiger charge is -2.15. The largest absolute Gasteiger partial charge is 0.371 e. The van der Waals surface area contributed by atoms with Crippen molar-refractivity contribution < 1.29 is 9.53 Å². The van der Waals surface area contributed by atoms with E-state index in [0.29, 0.717) is 12.5 Å². The summed E-state index contributed by atoms with van der Waals surface area (Å²) < 4.78 is 5.17. The Morgan fingerprint density at radius 2 is 1.20 bits per heavy atom. The average Bonchev–Trinajstić information content (AvgIpc) is 3.42. The second kappa shape index (κ2) is 15.7. The van der Waals surface area contributed by atoms with Crippen LogP contribution in [0.15, 0.2) is 0 Å². The van der Waals surface area contributed by atoms with Gasteiger partial charge in [0.25, 0.3) is 0 Å². The number of unbranched alkanes of at least 4 members (excludes halogenated alkanes) is 14. The van der Waals surface area contributed by atoms with E-state index in [2.05, 4.69) is 6.92 Å². The zero-order valence-corrected chi connectivity index (χ0v) is 17.1. The van der Waals surface area contributed by atoms with Crippen LogP contribution in [-0.2, 0) is 9.53 Å². The highest BCUT2D eigenvalue weighted by molar-refractivity contribution is 5.75. The molecule has 0 aromatic rings. The monoisotopic (exact) mass is 353 g/mol. The maximum absolute atomic E-state index is 11.9. The summed E-state index contributed by atoms with van der Waals surface area (Å²) in [4.78, 5) is 13.7. The first kappa shape index (κ1) is 22.5. The molecule has 3 nitrogen and oxygen atoms in total. The quantitative estimate of drug-likeness (QED) is 0.220. The van der Waals surface area contributed by atoms with Crippen molar-refractivity contribution in [2.24, 2.45) is 0 Å². The topological polar surface area (TPSA) is 32.8 Å². The number of carbonyl (C=O) groups excluding carboxylic acids is 1. The number of nitrogens with zero attached hydrogens (tertiary/aromatic N) is 1. The Morgan fingerprint density at radius 3 is 1.60 bits per heavy atom. The van der Waals surface area contributed by atoms with Gasteiger partial charge in [-0.25, -0.2) is 0 Å². The van der Waals surface area contributed by atoms with Crippen LogP contribution in [0.4, 0.5) is 0 Å². The number of ether oxygens (including phenoxy) is 1. The highest BCUT2D eigenvalue weighted by Crippen LogP contribution is 2.14. The molecule has 0 aromatic carbocycles. The highest BCUT2D eigenvalue weighted by atomic mass is 16.6. The smallest absolute Gasteiger partial charge is 0.222 e. The molecule has 0 spiro atoms. The molecule has 1 aliphatic rings. The van der Waals surface area contributed by atoms with Crippen molar-refractivity contribution in [3.8, 4) is 0 Å². The second-order valence-electron chi connectivity index (χ2n) is 7.93. The van der Waals surface area contributed by atoms with Gasteiger partial charge < -0.3 is 9.64 Å². The highest BCUT2D eigenvalue weighted by Gasteiger charge is 2.25. The minimum absolute atomic E-state index is 0.283. The molecule has 1 heterocycles. The molecule has 0 aromatic heterocycles. The minimum atomic E-state index is 0.283. The van der Waals surface area contributed by atoms with Crippen LogP contribution in [0.2, 0.25) is 0 Å². The van der Waals surface area contributed by atoms with Crippen LogP contribution in [0.25, 0.3) is 0 Å². The molecule has 3 heteroatoms. The van der Waals surface area contributed by atoms with Crippen LogP contribution >= 0.6 is 0 Å². The average molecular weight is 354 g/mol. The Hall–Kier alpha value is -0.570. The third-order valence-electron chi connectivity index (χ3n) is 5.30. The fraction of sp³-hybridized carbons (Fsp3) is 0.955. The summed E-state index contributed by atoms with van der Waals surface area (Å²) in [5.74, 6) is 0.283. The maximum atomic E-state index is 11.9. The molecular weight excluding hydrogens is 310 g/mol. The molecule has 1 saturated heterocycles. The second-order valence-corrected chi connectivity index (χ2v) is 7.93. The summed E-state index contributed by atoms with van der Waals surface area (Å²) in [7, 11) is 1.90. The molecule has 148 valence electrons. The first-order chi connectivity index (χ1) is 12.2. The fourth-order valence-electron chi connectivity index (χ4n) is 3.42. The number of hydrogen-bond acceptors (Lipinski definition) is 2. The van der Waals surface area contributed by atoms with Gasteiger partial charge in [-0.2, -0.15) is 0 Å². The van der Waals surface area contributed by atoms with E-state index < -0.39 is 0 Å². The van der Waals surface area contributed by atoms with Gasteiger partial charge in [-0.15, -0.1) is 0 Å². The van der Waals surface area contributed by atoms with Crippen LogP contribution in [0.5, 0.6) is 0 Å². The minimum Gasteiger partial charge on any atom is -0.371 e. The number of epoxide rings is 1. The van der Waals surface area contributed by atoms with Gasteiger partial charge in [0.2, 0.25) is 5.91 Å². The van der Waals surface area contributed by atoms with E-state index in [1.807, 2.05) is 11.9 Å². The van der Waals surface area contributed by atoms with Crippen molar-refractivity contribution in [1.82, 2.24) is 4.90 Å². The Kier molecular flexibility index (Phi) is 14.1. The van der Waals surface area contributed by atoms with E-state index in [9.17, 15) is 4.79 Å². The van der Waals surface area contributed by atoms with Gasteiger partial charge in [-0.3, -0.25) is 4.79 Å². The van der Waals surface area contributed by atoms with Gasteiger partial charge in [-0.1, -0.05) is 96.8 Å². The van der Waals surface area contributed by atoms with E-state index >= 15 is 0 Å². The zero-order chi connectivity index (χ0) is 18.2. The molecule has 0 aliphatic carbocycles. The zero-order valence-electron chi connectivity index (χ0n) is 17.1. The Balaban J connectivity index is 1.72. The van der Waals surface area contributed by atoms with Crippen LogP contribution < -0.4 is 0 Å². The summed E-state index contributed by atoms with van der Waals surface area (Å²) >= 11 is 0. The normalized spacial score (nSPS) is 16.2. The molecule has 1 amide bonds. The van der Waals surface area contributed by atoms with Crippen molar-refractivity contribution >= 4 is 5.91 Å². The molecule has 1 atom stereocenters. The Labute approximate surface area is 156 Å². The summed E-state index contributed by atoms with van der Waals surface area (Å²) in [6, 6.07) is 0. The van der Waals surface area contributed by atoms with Crippen molar-refractivity contribution in [1.29, 1.82) is 0 Å². The first-order valence-electron chi connectivity index (χ1n) is 11.1. The molecule has 0 radical (unpaired) electrons. The molecule has 1 rings (SSSR count). The van der Waals surface area contributed by atoms with E-state index in [1.165, 1.54) is 89.9 Å². The van der Waals surface area contributed by atoms with Crippen LogP contribution in [-0.4, -0.2) is 37.1 Å². The van der Waals surface area contributed by atoms with Crippen molar-refractivity contribution in [2.45, 2.75) is 116 Å². The molecule has 1 aliphatic heterocycles. The molecule has 0 bridgehead atoms. The molecule has 1 fully saturated rings. The first-order valence-corrected chi connectivity index (χ1v) is 11.1. The lowest BCUT2D eigenvalue weighted by Crippen LogP contribution is -2.30. The van der Waals surface area contributed by atoms with Gasteiger partial charge in [0, 0.05) is 20.0 Å². The molecule has 0 N–H and O–H groups in total. The lowest BCUT2D eigenvalue weighted by molar-refractivity contribution is -0.130. The molecule has 25 heavy (non-hydrogen) atoms. The third-order valence-corrected chi connectivity index (χ3v) is 5.30. The summed E-state index contributed by atoms with van der Waals surface area (Å²) in [6.07, 6.45) is 21.5. The van der Waals surface area contributed by atoms with Gasteiger partial charge >= 0.3 is 0 Å².